The van der Waals surface area contributed by atoms with Crippen LogP contribution in [0.5, 0.6) is 0 Å². The van der Waals surface area contributed by atoms with E-state index in [9.17, 15) is 10.1 Å². The second-order valence-corrected chi connectivity index (χ2v) is 7.05. The molecule has 1 fully saturated rings. The summed E-state index contributed by atoms with van der Waals surface area (Å²) in [5, 5.41) is 12.5. The molecule has 4 rings (SSSR count). The number of halogens is 1. The average Bonchev–Trinajstić information content (AvgIpc) is 2.71. The Hall–Kier alpha value is -2.70. The van der Waals surface area contributed by atoms with Gasteiger partial charge in [-0.1, -0.05) is 17.7 Å². The van der Waals surface area contributed by atoms with E-state index in [0.717, 1.165) is 54.3 Å². The Morgan fingerprint density at radius 2 is 1.78 bits per heavy atom. The lowest BCUT2D eigenvalue weighted by molar-refractivity contribution is -0.384. The van der Waals surface area contributed by atoms with Crippen molar-refractivity contribution in [2.75, 3.05) is 31.1 Å². The number of hydrogen-bond donors (Lipinski definition) is 0. The number of pyridine rings is 1. The van der Waals surface area contributed by atoms with Gasteiger partial charge in [-0.2, -0.15) is 0 Å². The Kier molecular flexibility index (Phi) is 4.92. The third-order valence-electron chi connectivity index (χ3n) is 4.99. The van der Waals surface area contributed by atoms with Crippen molar-refractivity contribution in [2.45, 2.75) is 6.54 Å². The second-order valence-electron chi connectivity index (χ2n) is 6.64. The molecule has 0 spiro atoms. The van der Waals surface area contributed by atoms with Crippen LogP contribution in [0.2, 0.25) is 5.02 Å². The predicted octanol–water partition coefficient (Wildman–Crippen LogP) is 4.12. The van der Waals surface area contributed by atoms with Gasteiger partial charge < -0.3 is 4.90 Å². The first-order chi connectivity index (χ1) is 13.1. The fourth-order valence-electron chi connectivity index (χ4n) is 3.51. The lowest BCUT2D eigenvalue weighted by atomic mass is 10.1. The summed E-state index contributed by atoms with van der Waals surface area (Å²) < 4.78 is 0. The van der Waals surface area contributed by atoms with Crippen molar-refractivity contribution in [1.29, 1.82) is 0 Å². The van der Waals surface area contributed by atoms with Crippen molar-refractivity contribution >= 4 is 33.9 Å². The molecule has 138 valence electrons. The normalized spacial score (nSPS) is 15.2. The van der Waals surface area contributed by atoms with Gasteiger partial charge >= 0.3 is 0 Å². The van der Waals surface area contributed by atoms with Crippen LogP contribution in [0.1, 0.15) is 5.56 Å². The van der Waals surface area contributed by atoms with Crippen LogP contribution >= 0.6 is 11.6 Å². The number of fused-ring (bicyclic) bond motifs is 1. The molecular formula is C20H19ClN4O2. The summed E-state index contributed by atoms with van der Waals surface area (Å²) in [5.74, 6) is 0. The molecule has 2 heterocycles. The van der Waals surface area contributed by atoms with Crippen LogP contribution in [-0.4, -0.2) is 41.0 Å². The summed E-state index contributed by atoms with van der Waals surface area (Å²) in [5.41, 5.74) is 3.29. The summed E-state index contributed by atoms with van der Waals surface area (Å²) in [6.45, 7) is 4.45. The Labute approximate surface area is 162 Å². The topological polar surface area (TPSA) is 62.5 Å². The molecule has 3 aromatic rings. The van der Waals surface area contributed by atoms with Crippen molar-refractivity contribution < 1.29 is 4.92 Å². The lowest BCUT2D eigenvalue weighted by Crippen LogP contribution is -2.46. The van der Waals surface area contributed by atoms with E-state index in [1.54, 1.807) is 18.3 Å². The molecule has 1 aliphatic rings. The van der Waals surface area contributed by atoms with E-state index in [1.807, 2.05) is 30.3 Å². The minimum absolute atomic E-state index is 0.125. The van der Waals surface area contributed by atoms with Crippen LogP contribution in [0, 0.1) is 10.1 Å². The van der Waals surface area contributed by atoms with Gasteiger partial charge in [0, 0.05) is 67.1 Å². The summed E-state index contributed by atoms with van der Waals surface area (Å²) >= 11 is 6.29. The number of hydrogen-bond acceptors (Lipinski definition) is 5. The maximum absolute atomic E-state index is 10.8. The summed E-state index contributed by atoms with van der Waals surface area (Å²) in [6, 6.07) is 14.7. The van der Waals surface area contributed by atoms with Crippen LogP contribution in [0.15, 0.2) is 54.7 Å². The molecule has 0 atom stereocenters. The van der Waals surface area contributed by atoms with Gasteiger partial charge in [0.1, 0.15) is 0 Å². The standard InChI is InChI=1S/C20H19ClN4O2/c21-19-8-3-15(20-18(19)2-1-9-22-20)14-23-10-12-24(13-11-23)16-4-6-17(7-5-16)25(26)27/h1-9H,10-14H2. The number of rotatable bonds is 4. The maximum Gasteiger partial charge on any atom is 0.269 e. The van der Waals surface area contributed by atoms with Gasteiger partial charge in [-0.05, 0) is 35.9 Å². The fourth-order valence-corrected chi connectivity index (χ4v) is 3.73. The lowest BCUT2D eigenvalue weighted by Gasteiger charge is -2.36. The first kappa shape index (κ1) is 17.7. The van der Waals surface area contributed by atoms with Gasteiger partial charge in [0.2, 0.25) is 0 Å². The summed E-state index contributed by atoms with van der Waals surface area (Å²) in [6.07, 6.45) is 1.80. The Morgan fingerprint density at radius 3 is 2.48 bits per heavy atom. The largest absolute Gasteiger partial charge is 0.369 e. The molecule has 7 heteroatoms. The van der Waals surface area contributed by atoms with Gasteiger partial charge in [0.25, 0.3) is 5.69 Å². The van der Waals surface area contributed by atoms with E-state index in [4.69, 9.17) is 11.6 Å². The molecule has 27 heavy (non-hydrogen) atoms. The SMILES string of the molecule is O=[N+]([O-])c1ccc(N2CCN(Cc3ccc(Cl)c4cccnc34)CC2)cc1. The van der Waals surface area contributed by atoms with Crippen LogP contribution in [0.3, 0.4) is 0 Å². The van der Waals surface area contributed by atoms with E-state index in [1.165, 1.54) is 5.56 Å². The number of piperazine rings is 1. The summed E-state index contributed by atoms with van der Waals surface area (Å²) in [4.78, 5) is 19.6. The highest BCUT2D eigenvalue weighted by atomic mass is 35.5. The smallest absolute Gasteiger partial charge is 0.269 e. The Balaban J connectivity index is 1.43. The van der Waals surface area contributed by atoms with E-state index in [-0.39, 0.29) is 10.6 Å². The Bertz CT molecular complexity index is 969. The predicted molar refractivity (Wildman–Crippen MR) is 107 cm³/mol. The fraction of sp³-hybridized carbons (Fsp3) is 0.250. The van der Waals surface area contributed by atoms with Crippen molar-refractivity contribution in [2.24, 2.45) is 0 Å². The molecule has 0 radical (unpaired) electrons. The molecular weight excluding hydrogens is 364 g/mol. The molecule has 0 unspecified atom stereocenters. The van der Waals surface area contributed by atoms with Crippen molar-refractivity contribution in [1.82, 2.24) is 9.88 Å². The van der Waals surface area contributed by atoms with Gasteiger partial charge in [0.05, 0.1) is 10.4 Å². The van der Waals surface area contributed by atoms with Crippen molar-refractivity contribution in [3.05, 3.63) is 75.4 Å². The molecule has 1 aromatic heterocycles. The minimum Gasteiger partial charge on any atom is -0.369 e. The number of non-ortho nitro benzene ring substituents is 1. The third-order valence-corrected chi connectivity index (χ3v) is 5.32. The molecule has 1 saturated heterocycles. The van der Waals surface area contributed by atoms with Gasteiger partial charge in [-0.25, -0.2) is 0 Å². The minimum atomic E-state index is -0.369. The highest BCUT2D eigenvalue weighted by Gasteiger charge is 2.19. The third kappa shape index (κ3) is 3.72. The van der Waals surface area contributed by atoms with Crippen molar-refractivity contribution in [3.63, 3.8) is 0 Å². The zero-order valence-electron chi connectivity index (χ0n) is 14.7. The molecule has 0 amide bonds. The molecule has 2 aromatic carbocycles. The van der Waals surface area contributed by atoms with Gasteiger partial charge in [0.15, 0.2) is 0 Å². The van der Waals surface area contributed by atoms with Crippen molar-refractivity contribution in [3.8, 4) is 0 Å². The quantitative estimate of drug-likeness (QED) is 0.501. The van der Waals surface area contributed by atoms with Crippen LogP contribution < -0.4 is 4.90 Å². The molecule has 6 nitrogen and oxygen atoms in total. The molecule has 0 aliphatic carbocycles. The Morgan fingerprint density at radius 1 is 1.04 bits per heavy atom. The first-order valence-corrected chi connectivity index (χ1v) is 9.23. The molecule has 0 saturated carbocycles. The van der Waals surface area contributed by atoms with Crippen LogP contribution in [0.4, 0.5) is 11.4 Å². The van der Waals surface area contributed by atoms with Gasteiger partial charge in [-0.3, -0.25) is 20.0 Å². The molecule has 0 N–H and O–H groups in total. The van der Waals surface area contributed by atoms with Crippen LogP contribution in [0.25, 0.3) is 10.9 Å². The zero-order valence-corrected chi connectivity index (χ0v) is 15.5. The van der Waals surface area contributed by atoms with E-state index < -0.39 is 0 Å². The number of nitro groups is 1. The number of nitrogens with zero attached hydrogens (tertiary/aromatic N) is 4. The number of benzene rings is 2. The highest BCUT2D eigenvalue weighted by Crippen LogP contribution is 2.26. The highest BCUT2D eigenvalue weighted by molar-refractivity contribution is 6.35. The van der Waals surface area contributed by atoms with E-state index in [2.05, 4.69) is 20.9 Å². The number of aromatic nitrogens is 1. The zero-order chi connectivity index (χ0) is 18.8. The van der Waals surface area contributed by atoms with Crippen LogP contribution in [-0.2, 0) is 6.54 Å². The summed E-state index contributed by atoms with van der Waals surface area (Å²) in [7, 11) is 0. The first-order valence-electron chi connectivity index (χ1n) is 8.86. The van der Waals surface area contributed by atoms with Gasteiger partial charge in [-0.15, -0.1) is 0 Å². The molecule has 1 aliphatic heterocycles. The maximum atomic E-state index is 10.8. The number of anilines is 1. The van der Waals surface area contributed by atoms with E-state index >= 15 is 0 Å². The van der Waals surface area contributed by atoms with E-state index in [0.29, 0.717) is 0 Å². The average molecular weight is 383 g/mol. The molecule has 0 bridgehead atoms. The number of nitro benzene ring substituents is 1. The monoisotopic (exact) mass is 382 g/mol. The second kappa shape index (κ2) is 7.50.